The highest BCUT2D eigenvalue weighted by Gasteiger charge is 2.63. The fourth-order valence-corrected chi connectivity index (χ4v) is 2.79. The van der Waals surface area contributed by atoms with Gasteiger partial charge in [0.05, 0.1) is 6.10 Å². The average Bonchev–Trinajstić information content (AvgIpc) is 2.82. The number of nitrogens with zero attached hydrogens (tertiary/aromatic N) is 1. The van der Waals surface area contributed by atoms with Crippen LogP contribution in [-0.2, 0) is 4.74 Å². The second-order valence-electron chi connectivity index (χ2n) is 5.36. The van der Waals surface area contributed by atoms with E-state index in [1.165, 1.54) is 10.8 Å². The number of nitrogens with one attached hydrogen (secondary N) is 1. The van der Waals surface area contributed by atoms with E-state index in [2.05, 4.69) is 4.98 Å². The maximum Gasteiger partial charge on any atom is 0.330 e. The summed E-state index contributed by atoms with van der Waals surface area (Å²) in [5.74, 6) is 0.205. The Morgan fingerprint density at radius 1 is 1.56 bits per heavy atom. The first-order valence-electron chi connectivity index (χ1n) is 6.12. The number of hydrogen-bond donors (Lipinski definition) is 2. The van der Waals surface area contributed by atoms with Crippen molar-refractivity contribution >= 4 is 0 Å². The topological polar surface area (TPSA) is 84.3 Å². The molecule has 2 N–H and O–H groups in total. The van der Waals surface area contributed by atoms with Crippen LogP contribution in [0.3, 0.4) is 0 Å². The minimum atomic E-state index is -0.478. The number of H-pyrrole nitrogens is 1. The second kappa shape index (κ2) is 3.55. The summed E-state index contributed by atoms with van der Waals surface area (Å²) in [4.78, 5) is 25.3. The zero-order valence-corrected chi connectivity index (χ0v) is 10.3. The summed E-state index contributed by atoms with van der Waals surface area (Å²) < 4.78 is 7.25. The Hall–Kier alpha value is -1.40. The van der Waals surface area contributed by atoms with Gasteiger partial charge in [-0.05, 0) is 19.3 Å². The SMILES string of the molecule is Cc1cn(C2C[C@@H](C)C3(CC3O)O2)c(=O)[nH]c1=O. The van der Waals surface area contributed by atoms with E-state index in [4.69, 9.17) is 4.74 Å². The van der Waals surface area contributed by atoms with E-state index in [1.54, 1.807) is 6.92 Å². The Kier molecular flexibility index (Phi) is 2.30. The van der Waals surface area contributed by atoms with Gasteiger partial charge in [-0.3, -0.25) is 14.3 Å². The van der Waals surface area contributed by atoms with Crippen LogP contribution in [0.2, 0.25) is 0 Å². The lowest BCUT2D eigenvalue weighted by molar-refractivity contribution is -0.0445. The molecule has 2 heterocycles. The third-order valence-electron chi connectivity index (χ3n) is 4.12. The Labute approximate surface area is 103 Å². The van der Waals surface area contributed by atoms with Crippen molar-refractivity contribution < 1.29 is 9.84 Å². The van der Waals surface area contributed by atoms with E-state index < -0.39 is 23.6 Å². The van der Waals surface area contributed by atoms with Crippen LogP contribution in [0.1, 0.15) is 31.6 Å². The molecule has 0 aromatic carbocycles. The summed E-state index contributed by atoms with van der Waals surface area (Å²) in [7, 11) is 0. The first-order valence-corrected chi connectivity index (χ1v) is 6.12. The molecule has 1 spiro atoms. The lowest BCUT2D eigenvalue weighted by atomic mass is 10.0. The predicted octanol–water partition coefficient (Wildman–Crippen LogP) is -0.0966. The molecule has 0 amide bonds. The quantitative estimate of drug-likeness (QED) is 0.731. The Balaban J connectivity index is 1.96. The molecule has 1 aliphatic heterocycles. The normalized spacial score (nSPS) is 38.3. The van der Waals surface area contributed by atoms with Gasteiger partial charge in [0.25, 0.3) is 5.56 Å². The highest BCUT2D eigenvalue weighted by atomic mass is 16.6. The molecule has 1 saturated carbocycles. The molecule has 18 heavy (non-hydrogen) atoms. The van der Waals surface area contributed by atoms with Crippen molar-refractivity contribution in [3.05, 3.63) is 32.6 Å². The van der Waals surface area contributed by atoms with Crippen LogP contribution in [0.4, 0.5) is 0 Å². The number of aliphatic hydroxyl groups excluding tert-OH is 1. The largest absolute Gasteiger partial charge is 0.390 e. The van der Waals surface area contributed by atoms with E-state index in [9.17, 15) is 14.7 Å². The predicted molar refractivity (Wildman–Crippen MR) is 63.3 cm³/mol. The summed E-state index contributed by atoms with van der Waals surface area (Å²) in [6.07, 6.45) is 1.98. The summed E-state index contributed by atoms with van der Waals surface area (Å²) in [6, 6.07) is 0. The van der Waals surface area contributed by atoms with Gasteiger partial charge in [-0.25, -0.2) is 4.79 Å². The van der Waals surface area contributed by atoms with Crippen molar-refractivity contribution in [2.24, 2.45) is 5.92 Å². The third kappa shape index (κ3) is 1.49. The van der Waals surface area contributed by atoms with Crippen molar-refractivity contribution in [3.8, 4) is 0 Å². The average molecular weight is 252 g/mol. The molecule has 3 unspecified atom stereocenters. The minimum Gasteiger partial charge on any atom is -0.390 e. The first kappa shape index (κ1) is 11.7. The summed E-state index contributed by atoms with van der Waals surface area (Å²) >= 11 is 0. The molecule has 0 bridgehead atoms. The zero-order chi connectivity index (χ0) is 13.1. The number of rotatable bonds is 1. The fourth-order valence-electron chi connectivity index (χ4n) is 2.79. The lowest BCUT2D eigenvalue weighted by Gasteiger charge is -2.16. The molecule has 3 rings (SSSR count). The summed E-state index contributed by atoms with van der Waals surface area (Å²) in [6.45, 7) is 3.66. The number of aromatic amines is 1. The van der Waals surface area contributed by atoms with Gasteiger partial charge in [0.2, 0.25) is 0 Å². The summed E-state index contributed by atoms with van der Waals surface area (Å²) in [5.41, 5.74) is -0.838. The maximum absolute atomic E-state index is 11.8. The van der Waals surface area contributed by atoms with Gasteiger partial charge in [0, 0.05) is 18.2 Å². The molecule has 2 aliphatic rings. The van der Waals surface area contributed by atoms with Crippen LogP contribution >= 0.6 is 0 Å². The number of hydrogen-bond acceptors (Lipinski definition) is 4. The molecule has 4 atom stereocenters. The Morgan fingerprint density at radius 3 is 2.78 bits per heavy atom. The Bertz CT molecular complexity index is 605. The molecular weight excluding hydrogens is 236 g/mol. The van der Waals surface area contributed by atoms with Crippen LogP contribution in [0.25, 0.3) is 0 Å². The van der Waals surface area contributed by atoms with Crippen molar-refractivity contribution in [2.75, 3.05) is 0 Å². The highest BCUT2D eigenvalue weighted by Crippen LogP contribution is 2.55. The number of aromatic nitrogens is 2. The van der Waals surface area contributed by atoms with E-state index in [0.29, 0.717) is 18.4 Å². The number of aryl methyl sites for hydroxylation is 1. The third-order valence-corrected chi connectivity index (χ3v) is 4.12. The number of ether oxygens (including phenoxy) is 1. The van der Waals surface area contributed by atoms with Crippen molar-refractivity contribution in [2.45, 2.75) is 44.6 Å². The molecule has 98 valence electrons. The van der Waals surface area contributed by atoms with Crippen molar-refractivity contribution in [3.63, 3.8) is 0 Å². The van der Waals surface area contributed by atoms with Gasteiger partial charge in [0.1, 0.15) is 11.8 Å². The molecule has 6 heteroatoms. The van der Waals surface area contributed by atoms with Crippen LogP contribution < -0.4 is 11.2 Å². The standard InChI is InChI=1S/C12H16N2O4/c1-6-5-14(11(17)13-10(6)16)9-3-7(2)12(18-9)4-8(12)15/h5,7-9,15H,3-4H2,1-2H3,(H,13,16,17)/t7-,8?,9?,12?/m1/s1. The second-order valence-corrected chi connectivity index (χ2v) is 5.36. The zero-order valence-electron chi connectivity index (χ0n) is 10.3. The van der Waals surface area contributed by atoms with E-state index in [1.807, 2.05) is 6.92 Å². The molecule has 6 nitrogen and oxygen atoms in total. The van der Waals surface area contributed by atoms with Gasteiger partial charge in [-0.2, -0.15) is 0 Å². The Morgan fingerprint density at radius 2 is 2.22 bits per heavy atom. The monoisotopic (exact) mass is 252 g/mol. The van der Waals surface area contributed by atoms with Gasteiger partial charge < -0.3 is 9.84 Å². The van der Waals surface area contributed by atoms with Gasteiger partial charge in [-0.15, -0.1) is 0 Å². The molecule has 1 saturated heterocycles. The van der Waals surface area contributed by atoms with E-state index in [-0.39, 0.29) is 11.5 Å². The molecule has 1 aromatic rings. The van der Waals surface area contributed by atoms with Crippen LogP contribution in [0.5, 0.6) is 0 Å². The molecule has 2 fully saturated rings. The van der Waals surface area contributed by atoms with Gasteiger partial charge in [0.15, 0.2) is 0 Å². The molecule has 1 aromatic heterocycles. The molecule has 1 aliphatic carbocycles. The van der Waals surface area contributed by atoms with E-state index in [0.717, 1.165) is 0 Å². The van der Waals surface area contributed by atoms with E-state index >= 15 is 0 Å². The van der Waals surface area contributed by atoms with Gasteiger partial charge in [-0.1, -0.05) is 6.92 Å². The lowest BCUT2D eigenvalue weighted by Crippen LogP contribution is -2.33. The summed E-state index contributed by atoms with van der Waals surface area (Å²) in [5, 5.41) is 9.65. The van der Waals surface area contributed by atoms with Crippen LogP contribution in [0.15, 0.2) is 15.8 Å². The molecular formula is C12H16N2O4. The van der Waals surface area contributed by atoms with Crippen molar-refractivity contribution in [1.82, 2.24) is 9.55 Å². The smallest absolute Gasteiger partial charge is 0.330 e. The molecule has 0 radical (unpaired) electrons. The highest BCUT2D eigenvalue weighted by molar-refractivity contribution is 5.13. The number of aliphatic hydroxyl groups is 1. The van der Waals surface area contributed by atoms with Crippen molar-refractivity contribution in [1.29, 1.82) is 0 Å². The minimum absolute atomic E-state index is 0.205. The van der Waals surface area contributed by atoms with Crippen LogP contribution in [0, 0.1) is 12.8 Å². The van der Waals surface area contributed by atoms with Gasteiger partial charge >= 0.3 is 5.69 Å². The first-order chi connectivity index (χ1) is 8.44. The van der Waals surface area contributed by atoms with Crippen LogP contribution in [-0.4, -0.2) is 26.4 Å². The fraction of sp³-hybridized carbons (Fsp3) is 0.667. The maximum atomic E-state index is 11.8.